The molecule has 2 aromatic rings. The molecule has 1 saturated heterocycles. The molecule has 0 aromatic heterocycles. The fraction of sp³-hybridized carbons (Fsp3) is 0.190. The maximum Gasteiger partial charge on any atom is 0.331 e. The molecule has 1 aliphatic rings. The number of hydrogen-bond acceptors (Lipinski definition) is 5. The summed E-state index contributed by atoms with van der Waals surface area (Å²) < 4.78 is 10.8. The highest BCUT2D eigenvalue weighted by Crippen LogP contribution is 2.29. The number of nitrogens with zero attached hydrogens (tertiary/aromatic N) is 1. The fourth-order valence-electron chi connectivity index (χ4n) is 2.82. The summed E-state index contributed by atoms with van der Waals surface area (Å²) in [6, 6.07) is 13.4. The van der Waals surface area contributed by atoms with E-state index in [0.717, 1.165) is 10.5 Å². The number of rotatable bonds is 6. The summed E-state index contributed by atoms with van der Waals surface area (Å²) in [5.74, 6) is -0.331. The second-order valence-electron chi connectivity index (χ2n) is 6.04. The van der Waals surface area contributed by atoms with E-state index in [4.69, 9.17) is 9.47 Å². The number of amides is 4. The molecule has 0 radical (unpaired) electrons. The smallest absolute Gasteiger partial charge is 0.331 e. The van der Waals surface area contributed by atoms with E-state index < -0.39 is 17.8 Å². The van der Waals surface area contributed by atoms with Crippen LogP contribution in [0.25, 0.3) is 6.08 Å². The van der Waals surface area contributed by atoms with Crippen molar-refractivity contribution in [3.8, 4) is 11.5 Å². The minimum absolute atomic E-state index is 0.0721. The Hall–Kier alpha value is -3.61. The van der Waals surface area contributed by atoms with E-state index in [1.54, 1.807) is 30.3 Å². The predicted molar refractivity (Wildman–Crippen MR) is 103 cm³/mol. The van der Waals surface area contributed by atoms with Crippen LogP contribution >= 0.6 is 0 Å². The predicted octanol–water partition coefficient (Wildman–Crippen LogP) is 2.76. The lowest BCUT2D eigenvalue weighted by Gasteiger charge is -2.26. The largest absolute Gasteiger partial charge is 0.493 e. The summed E-state index contributed by atoms with van der Waals surface area (Å²) >= 11 is 0. The molecule has 7 heteroatoms. The first kappa shape index (κ1) is 19.2. The molecule has 1 aliphatic heterocycles. The quantitative estimate of drug-likeness (QED) is 0.615. The SMILES string of the molecule is CCOc1ccc(C=C2C(=O)NC(=O)N(Cc3ccccc3)C2=O)cc1OC. The molecular weight excluding hydrogens is 360 g/mol. The molecule has 0 unspecified atom stereocenters. The standard InChI is InChI=1S/C21H20N2O5/c1-3-28-17-10-9-15(12-18(17)27-2)11-16-19(24)22-21(26)23(20(16)25)13-14-7-5-4-6-8-14/h4-12H,3,13H2,1-2H3,(H,22,24,26). The normalized spacial score (nSPS) is 15.6. The molecule has 1 N–H and O–H groups in total. The summed E-state index contributed by atoms with van der Waals surface area (Å²) in [6.45, 7) is 2.41. The van der Waals surface area contributed by atoms with Crippen molar-refractivity contribution in [1.82, 2.24) is 10.2 Å². The van der Waals surface area contributed by atoms with Crippen molar-refractivity contribution in [3.63, 3.8) is 0 Å². The number of carbonyl (C=O) groups is 3. The first-order chi connectivity index (χ1) is 13.5. The van der Waals surface area contributed by atoms with Crippen molar-refractivity contribution >= 4 is 23.9 Å². The molecule has 2 aromatic carbocycles. The van der Waals surface area contributed by atoms with Gasteiger partial charge in [0, 0.05) is 0 Å². The molecule has 1 fully saturated rings. The summed E-state index contributed by atoms with van der Waals surface area (Å²) in [5, 5.41) is 2.21. The van der Waals surface area contributed by atoms with Gasteiger partial charge in [0.1, 0.15) is 5.57 Å². The van der Waals surface area contributed by atoms with Crippen molar-refractivity contribution in [3.05, 3.63) is 65.2 Å². The highest BCUT2D eigenvalue weighted by molar-refractivity contribution is 6.30. The summed E-state index contributed by atoms with van der Waals surface area (Å²) in [5.41, 5.74) is 1.23. The van der Waals surface area contributed by atoms with Gasteiger partial charge in [0.25, 0.3) is 11.8 Å². The van der Waals surface area contributed by atoms with Crippen molar-refractivity contribution < 1.29 is 23.9 Å². The number of ether oxygens (including phenoxy) is 2. The van der Waals surface area contributed by atoms with Crippen LogP contribution in [0, 0.1) is 0 Å². The number of carbonyl (C=O) groups excluding carboxylic acids is 3. The molecule has 3 rings (SSSR count). The van der Waals surface area contributed by atoms with Gasteiger partial charge in [0.2, 0.25) is 0 Å². The number of urea groups is 1. The lowest BCUT2D eigenvalue weighted by molar-refractivity contribution is -0.130. The van der Waals surface area contributed by atoms with Gasteiger partial charge in [-0.25, -0.2) is 4.79 Å². The fourth-order valence-corrected chi connectivity index (χ4v) is 2.82. The molecule has 7 nitrogen and oxygen atoms in total. The van der Waals surface area contributed by atoms with Crippen LogP contribution in [0.3, 0.4) is 0 Å². The molecule has 144 valence electrons. The highest BCUT2D eigenvalue weighted by Gasteiger charge is 2.35. The molecule has 0 aliphatic carbocycles. The Kier molecular flexibility index (Phi) is 5.74. The van der Waals surface area contributed by atoms with E-state index in [9.17, 15) is 14.4 Å². The van der Waals surface area contributed by atoms with Crippen molar-refractivity contribution in [2.75, 3.05) is 13.7 Å². The van der Waals surface area contributed by atoms with Gasteiger partial charge in [-0.2, -0.15) is 0 Å². The Morgan fingerprint density at radius 1 is 1.04 bits per heavy atom. The van der Waals surface area contributed by atoms with Gasteiger partial charge in [0.05, 0.1) is 20.3 Å². The molecule has 4 amide bonds. The third-order valence-corrected chi connectivity index (χ3v) is 4.17. The lowest BCUT2D eigenvalue weighted by Crippen LogP contribution is -2.53. The number of methoxy groups -OCH3 is 1. The van der Waals surface area contributed by atoms with Crippen LogP contribution in [0.4, 0.5) is 4.79 Å². The monoisotopic (exact) mass is 380 g/mol. The van der Waals surface area contributed by atoms with Crippen molar-refractivity contribution in [1.29, 1.82) is 0 Å². The van der Waals surface area contributed by atoms with E-state index in [1.807, 2.05) is 25.1 Å². The number of barbiturate groups is 1. The van der Waals surface area contributed by atoms with Gasteiger partial charge in [0.15, 0.2) is 11.5 Å². The van der Waals surface area contributed by atoms with Gasteiger partial charge in [-0.05, 0) is 36.3 Å². The Labute approximate surface area is 162 Å². The van der Waals surface area contributed by atoms with E-state index in [-0.39, 0.29) is 12.1 Å². The zero-order valence-corrected chi connectivity index (χ0v) is 15.6. The van der Waals surface area contributed by atoms with Crippen molar-refractivity contribution in [2.24, 2.45) is 0 Å². The lowest BCUT2D eigenvalue weighted by atomic mass is 10.1. The number of hydrogen-bond donors (Lipinski definition) is 1. The second-order valence-corrected chi connectivity index (χ2v) is 6.04. The number of imide groups is 2. The third-order valence-electron chi connectivity index (χ3n) is 4.17. The Morgan fingerprint density at radius 2 is 1.79 bits per heavy atom. The van der Waals surface area contributed by atoms with Gasteiger partial charge in [-0.15, -0.1) is 0 Å². The average molecular weight is 380 g/mol. The van der Waals surface area contributed by atoms with Crippen LogP contribution in [0.5, 0.6) is 11.5 Å². The third kappa shape index (κ3) is 4.03. The van der Waals surface area contributed by atoms with Crippen molar-refractivity contribution in [2.45, 2.75) is 13.5 Å². The average Bonchev–Trinajstić information content (AvgIpc) is 2.70. The van der Waals surface area contributed by atoms with E-state index in [0.29, 0.717) is 23.7 Å². The van der Waals surface area contributed by atoms with Crippen LogP contribution in [0.1, 0.15) is 18.1 Å². The van der Waals surface area contributed by atoms with E-state index in [1.165, 1.54) is 13.2 Å². The Morgan fingerprint density at radius 3 is 2.46 bits per heavy atom. The molecular formula is C21H20N2O5. The van der Waals surface area contributed by atoms with Crippen LogP contribution < -0.4 is 14.8 Å². The second kappa shape index (κ2) is 8.39. The topological polar surface area (TPSA) is 84.9 Å². The first-order valence-corrected chi connectivity index (χ1v) is 8.77. The molecule has 0 atom stereocenters. The minimum atomic E-state index is -0.736. The molecule has 0 bridgehead atoms. The van der Waals surface area contributed by atoms with Gasteiger partial charge in [-0.1, -0.05) is 36.4 Å². The van der Waals surface area contributed by atoms with Gasteiger partial charge < -0.3 is 9.47 Å². The minimum Gasteiger partial charge on any atom is -0.493 e. The maximum atomic E-state index is 12.8. The van der Waals surface area contributed by atoms with E-state index >= 15 is 0 Å². The highest BCUT2D eigenvalue weighted by atomic mass is 16.5. The van der Waals surface area contributed by atoms with Crippen LogP contribution in [0.15, 0.2) is 54.1 Å². The molecule has 0 spiro atoms. The number of nitrogens with one attached hydrogen (secondary N) is 1. The zero-order chi connectivity index (χ0) is 20.1. The Bertz CT molecular complexity index is 937. The Balaban J connectivity index is 1.90. The van der Waals surface area contributed by atoms with Gasteiger partial charge in [-0.3, -0.25) is 19.8 Å². The summed E-state index contributed by atoms with van der Waals surface area (Å²) in [4.78, 5) is 38.2. The zero-order valence-electron chi connectivity index (χ0n) is 15.6. The first-order valence-electron chi connectivity index (χ1n) is 8.77. The molecule has 0 saturated carbocycles. The van der Waals surface area contributed by atoms with Crippen LogP contribution in [0.2, 0.25) is 0 Å². The van der Waals surface area contributed by atoms with Crippen LogP contribution in [-0.4, -0.2) is 36.5 Å². The molecule has 28 heavy (non-hydrogen) atoms. The molecule has 1 heterocycles. The number of benzene rings is 2. The van der Waals surface area contributed by atoms with Gasteiger partial charge >= 0.3 is 6.03 Å². The summed E-state index contributed by atoms with van der Waals surface area (Å²) in [7, 11) is 1.51. The van der Waals surface area contributed by atoms with E-state index in [2.05, 4.69) is 5.32 Å². The van der Waals surface area contributed by atoms with Crippen LogP contribution in [-0.2, 0) is 16.1 Å². The maximum absolute atomic E-state index is 12.8. The summed E-state index contributed by atoms with van der Waals surface area (Å²) in [6.07, 6.45) is 1.43.